The molecule has 0 aliphatic heterocycles. The van der Waals surface area contributed by atoms with Gasteiger partial charge in [0.25, 0.3) is 21.7 Å². The molecule has 0 radical (unpaired) electrons. The lowest BCUT2D eigenvalue weighted by Crippen LogP contribution is -2.20. The van der Waals surface area contributed by atoms with Crippen molar-refractivity contribution in [1.29, 1.82) is 0 Å². The molecule has 92 valence electrons. The van der Waals surface area contributed by atoms with Crippen molar-refractivity contribution in [2.45, 2.75) is 4.90 Å². The van der Waals surface area contributed by atoms with Crippen LogP contribution in [0.4, 0.5) is 5.69 Å². The lowest BCUT2D eigenvalue weighted by Gasteiger charge is -2.05. The van der Waals surface area contributed by atoms with E-state index < -0.39 is 31.5 Å². The molecule has 0 atom stereocenters. The fraction of sp³-hybridized carbons (Fsp3) is 0.125. The number of nitrogens with zero attached hydrogens (tertiary/aromatic N) is 1. The van der Waals surface area contributed by atoms with Crippen molar-refractivity contribution in [3.05, 3.63) is 33.9 Å². The molecule has 0 saturated heterocycles. The molecule has 0 aromatic heterocycles. The second-order valence-corrected chi connectivity index (χ2v) is 4.38. The van der Waals surface area contributed by atoms with Gasteiger partial charge in [0.2, 0.25) is 0 Å². The topological polar surface area (TPSA) is 127 Å². The third-order valence-corrected chi connectivity index (χ3v) is 2.82. The lowest BCUT2D eigenvalue weighted by atomic mass is 10.2. The van der Waals surface area contributed by atoms with E-state index in [1.807, 2.05) is 0 Å². The van der Waals surface area contributed by atoms with Gasteiger partial charge in [-0.15, -0.1) is 0 Å². The summed E-state index contributed by atoms with van der Waals surface area (Å²) in [4.78, 5) is 20.1. The van der Waals surface area contributed by atoms with Crippen molar-refractivity contribution in [2.75, 3.05) is 7.05 Å². The zero-order valence-corrected chi connectivity index (χ0v) is 9.39. The van der Waals surface area contributed by atoms with Gasteiger partial charge in [-0.25, -0.2) is 0 Å². The van der Waals surface area contributed by atoms with Crippen LogP contribution in [0, 0.1) is 10.1 Å². The second-order valence-electron chi connectivity index (χ2n) is 2.99. The molecular formula is C8H8N2O6S. The quantitative estimate of drug-likeness (QED) is 0.454. The van der Waals surface area contributed by atoms with E-state index >= 15 is 0 Å². The summed E-state index contributed by atoms with van der Waals surface area (Å²) in [6.45, 7) is 0. The summed E-state index contributed by atoms with van der Waals surface area (Å²) in [6, 6.07) is 2.55. The first-order valence-electron chi connectivity index (χ1n) is 4.25. The summed E-state index contributed by atoms with van der Waals surface area (Å²) in [5.41, 5.74) is -0.897. The number of nitrogens with one attached hydrogen (secondary N) is 1. The zero-order valence-electron chi connectivity index (χ0n) is 8.58. The van der Waals surface area contributed by atoms with E-state index in [4.69, 9.17) is 4.55 Å². The van der Waals surface area contributed by atoms with Crippen molar-refractivity contribution in [2.24, 2.45) is 0 Å². The monoisotopic (exact) mass is 260 g/mol. The molecule has 8 nitrogen and oxygen atoms in total. The van der Waals surface area contributed by atoms with E-state index in [9.17, 15) is 23.3 Å². The van der Waals surface area contributed by atoms with Crippen molar-refractivity contribution in [3.63, 3.8) is 0 Å². The normalized spacial score (nSPS) is 10.9. The first-order chi connectivity index (χ1) is 7.77. The molecule has 1 rings (SSSR count). The highest BCUT2D eigenvalue weighted by molar-refractivity contribution is 7.86. The van der Waals surface area contributed by atoms with Gasteiger partial charge in [-0.05, 0) is 6.07 Å². The van der Waals surface area contributed by atoms with Gasteiger partial charge in [0.15, 0.2) is 0 Å². The van der Waals surface area contributed by atoms with Gasteiger partial charge in [0, 0.05) is 19.2 Å². The number of nitro groups is 1. The zero-order chi connectivity index (χ0) is 13.2. The van der Waals surface area contributed by atoms with E-state index in [0.717, 1.165) is 12.1 Å². The van der Waals surface area contributed by atoms with Crippen LogP contribution in [-0.4, -0.2) is 30.8 Å². The molecule has 0 saturated carbocycles. The summed E-state index contributed by atoms with van der Waals surface area (Å²) in [6.07, 6.45) is 0. The summed E-state index contributed by atoms with van der Waals surface area (Å²) in [5, 5.41) is 12.6. The highest BCUT2D eigenvalue weighted by atomic mass is 32.2. The van der Waals surface area contributed by atoms with E-state index in [2.05, 4.69) is 5.32 Å². The highest BCUT2D eigenvalue weighted by Gasteiger charge is 2.23. The molecule has 0 fully saturated rings. The Kier molecular flexibility index (Phi) is 3.44. The molecule has 0 aliphatic carbocycles. The predicted octanol–water partition coefficient (Wildman–Crippen LogP) is 0.201. The minimum absolute atomic E-state index is 0.361. The van der Waals surface area contributed by atoms with Gasteiger partial charge in [-0.1, -0.05) is 0 Å². The molecule has 0 bridgehead atoms. The molecule has 0 heterocycles. The van der Waals surface area contributed by atoms with Gasteiger partial charge in [-0.2, -0.15) is 8.42 Å². The van der Waals surface area contributed by atoms with Crippen LogP contribution >= 0.6 is 0 Å². The molecular weight excluding hydrogens is 252 g/mol. The third kappa shape index (κ3) is 2.77. The van der Waals surface area contributed by atoms with Gasteiger partial charge >= 0.3 is 0 Å². The average molecular weight is 260 g/mol. The van der Waals surface area contributed by atoms with Crippen LogP contribution in [0.3, 0.4) is 0 Å². The minimum atomic E-state index is -4.71. The number of non-ortho nitro benzene ring substituents is 1. The maximum absolute atomic E-state index is 11.3. The van der Waals surface area contributed by atoms with Crippen molar-refractivity contribution >= 4 is 21.7 Å². The Bertz CT molecular complexity index is 580. The molecule has 1 aromatic rings. The SMILES string of the molecule is CNC(=O)c1ccc([N+](=O)[O-])cc1S(=O)(=O)O. The Hall–Kier alpha value is -2.00. The van der Waals surface area contributed by atoms with Crippen LogP contribution < -0.4 is 5.32 Å². The highest BCUT2D eigenvalue weighted by Crippen LogP contribution is 2.22. The predicted molar refractivity (Wildman–Crippen MR) is 56.3 cm³/mol. The van der Waals surface area contributed by atoms with Crippen molar-refractivity contribution in [1.82, 2.24) is 5.32 Å². The Morgan fingerprint density at radius 2 is 2.06 bits per heavy atom. The number of benzene rings is 1. The first-order valence-corrected chi connectivity index (χ1v) is 5.69. The molecule has 17 heavy (non-hydrogen) atoms. The molecule has 0 spiro atoms. The first kappa shape index (κ1) is 13.1. The Balaban J connectivity index is 3.54. The summed E-state index contributed by atoms with van der Waals surface area (Å²) in [7, 11) is -3.45. The summed E-state index contributed by atoms with van der Waals surface area (Å²) >= 11 is 0. The summed E-state index contributed by atoms with van der Waals surface area (Å²) in [5.74, 6) is -0.771. The second kappa shape index (κ2) is 4.47. The largest absolute Gasteiger partial charge is 0.355 e. The van der Waals surface area contributed by atoms with Crippen LogP contribution in [0.25, 0.3) is 0 Å². The van der Waals surface area contributed by atoms with E-state index in [1.54, 1.807) is 0 Å². The fourth-order valence-electron chi connectivity index (χ4n) is 1.16. The van der Waals surface area contributed by atoms with E-state index in [1.165, 1.54) is 7.05 Å². The molecule has 0 unspecified atom stereocenters. The molecule has 1 aromatic carbocycles. The number of hydrogen-bond acceptors (Lipinski definition) is 5. The lowest BCUT2D eigenvalue weighted by molar-refractivity contribution is -0.385. The maximum Gasteiger partial charge on any atom is 0.295 e. The van der Waals surface area contributed by atoms with Crippen molar-refractivity contribution in [3.8, 4) is 0 Å². The van der Waals surface area contributed by atoms with E-state index in [0.29, 0.717) is 6.07 Å². The van der Waals surface area contributed by atoms with Crippen LogP contribution in [0.15, 0.2) is 23.1 Å². The fourth-order valence-corrected chi connectivity index (χ4v) is 1.87. The van der Waals surface area contributed by atoms with Gasteiger partial charge in [-0.3, -0.25) is 19.5 Å². The minimum Gasteiger partial charge on any atom is -0.355 e. The van der Waals surface area contributed by atoms with E-state index in [-0.39, 0.29) is 5.56 Å². The molecule has 2 N–H and O–H groups in total. The van der Waals surface area contributed by atoms with Gasteiger partial charge in [0.05, 0.1) is 10.5 Å². The third-order valence-electron chi connectivity index (χ3n) is 1.93. The van der Waals surface area contributed by atoms with Crippen LogP contribution in [0.1, 0.15) is 10.4 Å². The number of carbonyl (C=O) groups is 1. The van der Waals surface area contributed by atoms with Crippen molar-refractivity contribution < 1.29 is 22.7 Å². The number of hydrogen-bond donors (Lipinski definition) is 2. The maximum atomic E-state index is 11.3. The average Bonchev–Trinajstić information content (AvgIpc) is 2.26. The molecule has 0 aliphatic rings. The molecule has 9 heteroatoms. The van der Waals surface area contributed by atoms with Gasteiger partial charge in [0.1, 0.15) is 4.90 Å². The van der Waals surface area contributed by atoms with Crippen LogP contribution in [-0.2, 0) is 10.1 Å². The Labute approximate surface area is 96.2 Å². The number of nitro benzene ring substituents is 1. The number of rotatable bonds is 3. The van der Waals surface area contributed by atoms with Crippen LogP contribution in [0.2, 0.25) is 0 Å². The number of amides is 1. The van der Waals surface area contributed by atoms with Crippen LogP contribution in [0.5, 0.6) is 0 Å². The Morgan fingerprint density at radius 3 is 2.47 bits per heavy atom. The summed E-state index contributed by atoms with van der Waals surface area (Å²) < 4.78 is 30.9. The smallest absolute Gasteiger partial charge is 0.295 e. The van der Waals surface area contributed by atoms with Gasteiger partial charge < -0.3 is 5.32 Å². The standard InChI is InChI=1S/C8H8N2O6S/c1-9-8(11)6-3-2-5(10(12)13)4-7(6)17(14,15)16/h2-4H,1H3,(H,9,11)(H,14,15,16). The molecule has 1 amide bonds. The Morgan fingerprint density at radius 1 is 1.47 bits per heavy atom. The number of carbonyl (C=O) groups excluding carboxylic acids is 1.